The Kier molecular flexibility index (Phi) is 3.16. The maximum absolute atomic E-state index is 12.2. The highest BCUT2D eigenvalue weighted by atomic mass is 32.1. The molecule has 3 rings (SSSR count). The van der Waals surface area contributed by atoms with Crippen LogP contribution in [0, 0.1) is 0 Å². The van der Waals surface area contributed by atoms with E-state index in [4.69, 9.17) is 0 Å². The molecular weight excluding hydrogens is 232 g/mol. The van der Waals surface area contributed by atoms with Gasteiger partial charge in [0.2, 0.25) is 5.91 Å². The van der Waals surface area contributed by atoms with Gasteiger partial charge in [0.1, 0.15) is 0 Å². The van der Waals surface area contributed by atoms with Crippen LogP contribution in [0.2, 0.25) is 0 Å². The third-order valence-corrected chi connectivity index (χ3v) is 4.19. The lowest BCUT2D eigenvalue weighted by Gasteiger charge is -2.22. The van der Waals surface area contributed by atoms with E-state index in [9.17, 15) is 4.79 Å². The Hall–Kier alpha value is -0.870. The van der Waals surface area contributed by atoms with Gasteiger partial charge in [0, 0.05) is 17.0 Å². The number of thiophene rings is 1. The number of hydrogen-bond acceptors (Lipinski definition) is 3. The number of rotatable bonds is 6. The average Bonchev–Trinajstić information content (AvgIpc) is 3.24. The first kappa shape index (κ1) is 11.2. The second kappa shape index (κ2) is 4.78. The molecule has 0 atom stereocenters. The molecule has 2 fully saturated rings. The summed E-state index contributed by atoms with van der Waals surface area (Å²) in [7, 11) is 0. The van der Waals surface area contributed by atoms with Gasteiger partial charge in [-0.05, 0) is 37.1 Å². The van der Waals surface area contributed by atoms with Crippen LogP contribution in [-0.2, 0) is 11.3 Å². The normalized spacial score (nSPS) is 19.3. The Morgan fingerprint density at radius 3 is 2.82 bits per heavy atom. The summed E-state index contributed by atoms with van der Waals surface area (Å²) < 4.78 is 0. The van der Waals surface area contributed by atoms with Crippen LogP contribution >= 0.6 is 11.3 Å². The van der Waals surface area contributed by atoms with Crippen molar-refractivity contribution in [2.75, 3.05) is 6.54 Å². The molecule has 1 aromatic rings. The van der Waals surface area contributed by atoms with Crippen molar-refractivity contribution in [1.29, 1.82) is 0 Å². The van der Waals surface area contributed by atoms with Gasteiger partial charge in [0.25, 0.3) is 0 Å². The van der Waals surface area contributed by atoms with E-state index in [1.54, 1.807) is 11.3 Å². The lowest BCUT2D eigenvalue weighted by molar-refractivity contribution is -0.131. The fourth-order valence-electron chi connectivity index (χ4n) is 2.00. The van der Waals surface area contributed by atoms with Crippen LogP contribution in [0.1, 0.15) is 30.6 Å². The molecule has 2 aliphatic carbocycles. The second-order valence-electron chi connectivity index (χ2n) is 4.99. The molecule has 4 heteroatoms. The van der Waals surface area contributed by atoms with Crippen LogP contribution in [0.15, 0.2) is 17.5 Å². The summed E-state index contributed by atoms with van der Waals surface area (Å²) in [5, 5.41) is 5.39. The fraction of sp³-hybridized carbons (Fsp3) is 0.615. The lowest BCUT2D eigenvalue weighted by Crippen LogP contribution is -2.39. The zero-order valence-electron chi connectivity index (χ0n) is 9.89. The van der Waals surface area contributed by atoms with E-state index in [2.05, 4.69) is 27.7 Å². The van der Waals surface area contributed by atoms with Crippen molar-refractivity contribution in [3.05, 3.63) is 22.4 Å². The van der Waals surface area contributed by atoms with Crippen LogP contribution in [0.4, 0.5) is 0 Å². The van der Waals surface area contributed by atoms with Gasteiger partial charge in [0.05, 0.1) is 13.1 Å². The molecule has 3 nitrogen and oxygen atoms in total. The van der Waals surface area contributed by atoms with Crippen molar-refractivity contribution >= 4 is 17.2 Å². The van der Waals surface area contributed by atoms with Gasteiger partial charge in [-0.1, -0.05) is 6.07 Å². The summed E-state index contributed by atoms with van der Waals surface area (Å²) in [6.45, 7) is 1.32. The van der Waals surface area contributed by atoms with Crippen LogP contribution in [0.25, 0.3) is 0 Å². The van der Waals surface area contributed by atoms with Gasteiger partial charge in [0.15, 0.2) is 0 Å². The molecule has 1 N–H and O–H groups in total. The first-order valence-electron chi connectivity index (χ1n) is 6.38. The molecule has 1 heterocycles. The average molecular weight is 250 g/mol. The van der Waals surface area contributed by atoms with Gasteiger partial charge in [-0.25, -0.2) is 0 Å². The monoisotopic (exact) mass is 250 g/mol. The van der Waals surface area contributed by atoms with Gasteiger partial charge in [-0.2, -0.15) is 0 Å². The first-order valence-corrected chi connectivity index (χ1v) is 7.26. The van der Waals surface area contributed by atoms with E-state index in [0.717, 1.165) is 6.54 Å². The smallest absolute Gasteiger partial charge is 0.237 e. The molecule has 0 aliphatic heterocycles. The molecule has 0 unspecified atom stereocenters. The third-order valence-electron chi connectivity index (χ3n) is 3.33. The molecule has 2 saturated carbocycles. The summed E-state index contributed by atoms with van der Waals surface area (Å²) in [6.07, 6.45) is 4.84. The standard InChI is InChI=1S/C13H18N2OS/c16-13(8-14-10-3-4-10)15(11-5-6-11)9-12-2-1-7-17-12/h1-2,7,10-11,14H,3-6,8-9H2. The number of nitrogens with one attached hydrogen (secondary N) is 1. The molecule has 0 bridgehead atoms. The minimum Gasteiger partial charge on any atom is -0.333 e. The maximum Gasteiger partial charge on any atom is 0.237 e. The van der Waals surface area contributed by atoms with Crippen molar-refractivity contribution < 1.29 is 4.79 Å². The summed E-state index contributed by atoms with van der Waals surface area (Å²) in [5.74, 6) is 0.271. The van der Waals surface area contributed by atoms with Gasteiger partial charge in [-0.3, -0.25) is 4.79 Å². The van der Waals surface area contributed by atoms with Crippen molar-refractivity contribution in [2.45, 2.75) is 44.3 Å². The lowest BCUT2D eigenvalue weighted by atomic mass is 10.3. The Morgan fingerprint density at radius 1 is 1.41 bits per heavy atom. The molecule has 0 radical (unpaired) electrons. The molecule has 0 saturated heterocycles. The number of nitrogens with zero attached hydrogens (tertiary/aromatic N) is 1. The van der Waals surface area contributed by atoms with E-state index >= 15 is 0 Å². The maximum atomic E-state index is 12.2. The molecule has 1 aromatic heterocycles. The highest BCUT2D eigenvalue weighted by Gasteiger charge is 2.33. The Balaban J connectivity index is 1.56. The number of hydrogen-bond donors (Lipinski definition) is 1. The fourth-order valence-corrected chi connectivity index (χ4v) is 2.70. The summed E-state index contributed by atoms with van der Waals surface area (Å²) in [4.78, 5) is 15.5. The van der Waals surface area contributed by atoms with Crippen LogP contribution in [0.5, 0.6) is 0 Å². The summed E-state index contributed by atoms with van der Waals surface area (Å²) in [5.41, 5.74) is 0. The predicted octanol–water partition coefficient (Wildman–Crippen LogP) is 1.99. The SMILES string of the molecule is O=C(CNC1CC1)N(Cc1cccs1)C1CC1. The zero-order valence-corrected chi connectivity index (χ0v) is 10.7. The number of carbonyl (C=O) groups is 1. The molecular formula is C13H18N2OS. The second-order valence-corrected chi connectivity index (χ2v) is 6.02. The van der Waals surface area contributed by atoms with Crippen molar-refractivity contribution in [2.24, 2.45) is 0 Å². The van der Waals surface area contributed by atoms with Crippen molar-refractivity contribution in [1.82, 2.24) is 10.2 Å². The van der Waals surface area contributed by atoms with Crippen molar-refractivity contribution in [3.63, 3.8) is 0 Å². The van der Waals surface area contributed by atoms with E-state index in [0.29, 0.717) is 18.6 Å². The number of carbonyl (C=O) groups excluding carboxylic acids is 1. The van der Waals surface area contributed by atoms with E-state index < -0.39 is 0 Å². The molecule has 0 aromatic carbocycles. The summed E-state index contributed by atoms with van der Waals surface area (Å²) in [6, 6.07) is 5.28. The minimum absolute atomic E-state index is 0.271. The quantitative estimate of drug-likeness (QED) is 0.837. The Bertz CT molecular complexity index is 382. The Morgan fingerprint density at radius 2 is 2.24 bits per heavy atom. The van der Waals surface area contributed by atoms with Crippen LogP contribution in [-0.4, -0.2) is 29.4 Å². The topological polar surface area (TPSA) is 32.3 Å². The highest BCUT2D eigenvalue weighted by molar-refractivity contribution is 7.09. The molecule has 17 heavy (non-hydrogen) atoms. The third kappa shape index (κ3) is 3.07. The van der Waals surface area contributed by atoms with E-state index in [1.807, 2.05) is 0 Å². The predicted molar refractivity (Wildman–Crippen MR) is 68.9 cm³/mol. The highest BCUT2D eigenvalue weighted by Crippen LogP contribution is 2.29. The zero-order chi connectivity index (χ0) is 11.7. The van der Waals surface area contributed by atoms with Gasteiger partial charge >= 0.3 is 0 Å². The van der Waals surface area contributed by atoms with Crippen LogP contribution in [0.3, 0.4) is 0 Å². The first-order chi connectivity index (χ1) is 8.33. The van der Waals surface area contributed by atoms with E-state index in [1.165, 1.54) is 30.6 Å². The van der Waals surface area contributed by atoms with Gasteiger partial charge in [-0.15, -0.1) is 11.3 Å². The minimum atomic E-state index is 0.271. The van der Waals surface area contributed by atoms with Crippen molar-refractivity contribution in [3.8, 4) is 0 Å². The van der Waals surface area contributed by atoms with Gasteiger partial charge < -0.3 is 10.2 Å². The molecule has 2 aliphatic rings. The Labute approximate surface area is 106 Å². The molecule has 0 spiro atoms. The summed E-state index contributed by atoms with van der Waals surface area (Å²) >= 11 is 1.74. The largest absolute Gasteiger partial charge is 0.333 e. The van der Waals surface area contributed by atoms with Crippen LogP contribution < -0.4 is 5.32 Å². The number of amides is 1. The van der Waals surface area contributed by atoms with E-state index in [-0.39, 0.29) is 5.91 Å². The molecule has 92 valence electrons. The molecule has 1 amide bonds.